The lowest BCUT2D eigenvalue weighted by Gasteiger charge is -2.48. The molecule has 2 fully saturated rings. The van der Waals surface area contributed by atoms with Gasteiger partial charge in [0.1, 0.15) is 17.0 Å². The molecule has 0 radical (unpaired) electrons. The number of phenolic OH excluding ortho intramolecular Hbond substituents is 1. The Labute approximate surface area is 188 Å². The Morgan fingerprint density at radius 2 is 2.06 bits per heavy atom. The summed E-state index contributed by atoms with van der Waals surface area (Å²) in [7, 11) is 0. The summed E-state index contributed by atoms with van der Waals surface area (Å²) >= 11 is 0. The van der Waals surface area contributed by atoms with Crippen LogP contribution in [0.3, 0.4) is 0 Å². The number of carbonyl (C=O) groups is 2. The molecule has 2 aromatic rings. The second-order valence-electron chi connectivity index (χ2n) is 8.82. The molecule has 5 rings (SSSR count). The first-order chi connectivity index (χ1) is 15.7. The number of nitrogens with one attached hydrogen (secondary N) is 1. The van der Waals surface area contributed by atoms with Crippen LogP contribution in [0, 0.1) is 0 Å². The lowest BCUT2D eigenvalue weighted by atomic mass is 9.72. The summed E-state index contributed by atoms with van der Waals surface area (Å²) in [5, 5.41) is 13.6. The highest BCUT2D eigenvalue weighted by molar-refractivity contribution is 6.07. The Bertz CT molecular complexity index is 1130. The van der Waals surface area contributed by atoms with Gasteiger partial charge in [0.15, 0.2) is 0 Å². The van der Waals surface area contributed by atoms with E-state index >= 15 is 0 Å². The standard InChI is InChI=1S/C23H24F2N4O4/c1-23-11-16-15-10-14(33-21(24)25)5-6-17(15)27-18(16)19(12-3-2-4-13(30)9-12)29(23)22(32)28(8-7-26)20(23)31/h2-6,9-10,16,18-19,21,27,30H,7-8,11,26H2,1H3/t16?,18?,19-,23+/m1/s1. The number of ether oxygens (including phenoxy) is 1. The van der Waals surface area contributed by atoms with Crippen molar-refractivity contribution in [1.29, 1.82) is 0 Å². The van der Waals surface area contributed by atoms with Crippen LogP contribution in [-0.4, -0.2) is 58.1 Å². The van der Waals surface area contributed by atoms with E-state index in [1.807, 2.05) is 0 Å². The van der Waals surface area contributed by atoms with E-state index in [1.54, 1.807) is 42.2 Å². The Morgan fingerprint density at radius 1 is 1.27 bits per heavy atom. The van der Waals surface area contributed by atoms with Gasteiger partial charge in [-0.2, -0.15) is 8.78 Å². The number of nitrogens with zero attached hydrogens (tertiary/aromatic N) is 2. The van der Waals surface area contributed by atoms with E-state index < -0.39 is 24.2 Å². The summed E-state index contributed by atoms with van der Waals surface area (Å²) in [6.45, 7) is -0.984. The number of urea groups is 1. The molecule has 0 aliphatic carbocycles. The van der Waals surface area contributed by atoms with Gasteiger partial charge in [0.05, 0.1) is 12.1 Å². The van der Waals surface area contributed by atoms with Crippen molar-refractivity contribution in [3.8, 4) is 11.5 Å². The van der Waals surface area contributed by atoms with E-state index in [0.29, 0.717) is 12.0 Å². The molecule has 3 amide bonds. The van der Waals surface area contributed by atoms with Gasteiger partial charge in [0, 0.05) is 24.7 Å². The first-order valence-electron chi connectivity index (χ1n) is 10.7. The molecule has 3 aliphatic rings. The Kier molecular flexibility index (Phi) is 4.93. The molecule has 2 unspecified atom stereocenters. The van der Waals surface area contributed by atoms with E-state index in [4.69, 9.17) is 5.73 Å². The predicted octanol–water partition coefficient (Wildman–Crippen LogP) is 3.00. The number of halogens is 2. The fourth-order valence-electron chi connectivity index (χ4n) is 5.58. The van der Waals surface area contributed by atoms with Crippen molar-refractivity contribution in [3.63, 3.8) is 0 Å². The summed E-state index contributed by atoms with van der Waals surface area (Å²) in [4.78, 5) is 29.6. The van der Waals surface area contributed by atoms with Crippen molar-refractivity contribution in [1.82, 2.24) is 9.80 Å². The van der Waals surface area contributed by atoms with Gasteiger partial charge in [-0.05, 0) is 54.8 Å². The number of anilines is 1. The molecule has 2 aromatic carbocycles. The molecular formula is C23H24F2N4O4. The maximum Gasteiger partial charge on any atom is 0.387 e. The molecule has 8 nitrogen and oxygen atoms in total. The van der Waals surface area contributed by atoms with Gasteiger partial charge in [-0.15, -0.1) is 0 Å². The SMILES string of the molecule is C[C@@]12CC3c4cc(OC(F)F)ccc4NC3[C@@H](c3cccc(O)c3)N1C(=O)N(CCN)C2=O. The van der Waals surface area contributed by atoms with E-state index in [9.17, 15) is 23.5 Å². The average molecular weight is 458 g/mol. The monoisotopic (exact) mass is 458 g/mol. The molecule has 10 heteroatoms. The Hall–Kier alpha value is -3.40. The molecule has 0 aromatic heterocycles. The van der Waals surface area contributed by atoms with E-state index in [0.717, 1.165) is 11.3 Å². The van der Waals surface area contributed by atoms with Crippen LogP contribution in [0.25, 0.3) is 0 Å². The Balaban J connectivity index is 1.64. The fraction of sp³-hybridized carbons (Fsp3) is 0.391. The van der Waals surface area contributed by atoms with Gasteiger partial charge in [-0.3, -0.25) is 9.69 Å². The highest BCUT2D eigenvalue weighted by atomic mass is 19.3. The fourth-order valence-corrected chi connectivity index (χ4v) is 5.58. The van der Waals surface area contributed by atoms with Crippen LogP contribution in [0.5, 0.6) is 11.5 Å². The number of aromatic hydroxyl groups is 1. The van der Waals surface area contributed by atoms with Gasteiger partial charge < -0.3 is 25.8 Å². The zero-order valence-electron chi connectivity index (χ0n) is 17.9. The zero-order chi connectivity index (χ0) is 23.5. The molecule has 3 aliphatic heterocycles. The average Bonchev–Trinajstić information content (AvgIpc) is 3.20. The topological polar surface area (TPSA) is 108 Å². The van der Waals surface area contributed by atoms with Gasteiger partial charge in [0.25, 0.3) is 5.91 Å². The Morgan fingerprint density at radius 3 is 2.76 bits per heavy atom. The van der Waals surface area contributed by atoms with Crippen LogP contribution in [0.15, 0.2) is 42.5 Å². The van der Waals surface area contributed by atoms with Crippen molar-refractivity contribution in [2.75, 3.05) is 18.4 Å². The van der Waals surface area contributed by atoms with Gasteiger partial charge in [0.2, 0.25) is 0 Å². The summed E-state index contributed by atoms with van der Waals surface area (Å²) < 4.78 is 30.2. The van der Waals surface area contributed by atoms with Gasteiger partial charge >= 0.3 is 12.6 Å². The maximum absolute atomic E-state index is 13.4. The lowest BCUT2D eigenvalue weighted by Crippen LogP contribution is -2.58. The van der Waals surface area contributed by atoms with Crippen molar-refractivity contribution < 1.29 is 28.2 Å². The first-order valence-corrected chi connectivity index (χ1v) is 10.7. The third kappa shape index (κ3) is 3.19. The number of alkyl halides is 2. The summed E-state index contributed by atoms with van der Waals surface area (Å²) in [6, 6.07) is 9.92. The normalized spacial score (nSPS) is 28.0. The number of amides is 3. The number of piperidine rings is 1. The minimum Gasteiger partial charge on any atom is -0.508 e. The van der Waals surface area contributed by atoms with Crippen LogP contribution < -0.4 is 15.8 Å². The van der Waals surface area contributed by atoms with E-state index in [-0.39, 0.29) is 42.5 Å². The highest BCUT2D eigenvalue weighted by Crippen LogP contribution is 2.56. The van der Waals surface area contributed by atoms with Crippen molar-refractivity contribution in [2.45, 2.75) is 43.5 Å². The number of imide groups is 1. The minimum atomic E-state index is -2.95. The van der Waals surface area contributed by atoms with Crippen LogP contribution in [0.2, 0.25) is 0 Å². The summed E-state index contributed by atoms with van der Waals surface area (Å²) in [5.41, 5.74) is 6.65. The molecule has 3 heterocycles. The quantitative estimate of drug-likeness (QED) is 0.595. The summed E-state index contributed by atoms with van der Waals surface area (Å²) in [5.74, 6) is -0.526. The molecule has 33 heavy (non-hydrogen) atoms. The first kappa shape index (κ1) is 21.4. The third-order valence-corrected chi connectivity index (χ3v) is 6.88. The van der Waals surface area contributed by atoms with Crippen LogP contribution >= 0.6 is 0 Å². The minimum absolute atomic E-state index is 0.0336. The molecule has 2 saturated heterocycles. The van der Waals surface area contributed by atoms with Crippen LogP contribution in [-0.2, 0) is 4.79 Å². The number of benzene rings is 2. The molecule has 174 valence electrons. The van der Waals surface area contributed by atoms with Gasteiger partial charge in [-0.1, -0.05) is 12.1 Å². The van der Waals surface area contributed by atoms with Crippen molar-refractivity contribution >= 4 is 17.6 Å². The second-order valence-corrected chi connectivity index (χ2v) is 8.82. The molecular weight excluding hydrogens is 434 g/mol. The summed E-state index contributed by atoms with van der Waals surface area (Å²) in [6.07, 6.45) is 0.302. The molecule has 4 atom stereocenters. The van der Waals surface area contributed by atoms with Crippen LogP contribution in [0.4, 0.5) is 19.3 Å². The van der Waals surface area contributed by atoms with Crippen molar-refractivity contribution in [2.24, 2.45) is 5.73 Å². The van der Waals surface area contributed by atoms with Crippen molar-refractivity contribution in [3.05, 3.63) is 53.6 Å². The smallest absolute Gasteiger partial charge is 0.387 e. The number of rotatable bonds is 5. The molecule has 0 saturated carbocycles. The van der Waals surface area contributed by atoms with Crippen LogP contribution in [0.1, 0.15) is 36.4 Å². The number of hydrogen-bond acceptors (Lipinski definition) is 6. The van der Waals surface area contributed by atoms with E-state index in [1.165, 1.54) is 17.0 Å². The molecule has 0 spiro atoms. The predicted molar refractivity (Wildman–Crippen MR) is 115 cm³/mol. The second kappa shape index (κ2) is 7.58. The number of nitrogens with two attached hydrogens (primary N) is 1. The van der Waals surface area contributed by atoms with Gasteiger partial charge in [-0.25, -0.2) is 4.79 Å². The third-order valence-electron chi connectivity index (χ3n) is 6.88. The largest absolute Gasteiger partial charge is 0.508 e. The number of carbonyl (C=O) groups excluding carboxylic acids is 2. The van der Waals surface area contributed by atoms with E-state index in [2.05, 4.69) is 10.1 Å². The number of fused-ring (bicyclic) bond motifs is 4. The zero-order valence-corrected chi connectivity index (χ0v) is 17.9. The molecule has 0 bridgehead atoms. The number of phenols is 1. The molecule has 4 N–H and O–H groups in total. The lowest BCUT2D eigenvalue weighted by molar-refractivity contribution is -0.135. The maximum atomic E-state index is 13.4. The highest BCUT2D eigenvalue weighted by Gasteiger charge is 2.63. The number of hydrogen-bond donors (Lipinski definition) is 3.